The van der Waals surface area contributed by atoms with Crippen molar-refractivity contribution in [2.24, 2.45) is 0 Å². The van der Waals surface area contributed by atoms with Crippen LogP contribution in [-0.4, -0.2) is 65.6 Å². The van der Waals surface area contributed by atoms with E-state index in [4.69, 9.17) is 23.7 Å². The zero-order valence-electron chi connectivity index (χ0n) is 16.7. The van der Waals surface area contributed by atoms with Gasteiger partial charge in [0.05, 0.1) is 0 Å². The van der Waals surface area contributed by atoms with Crippen LogP contribution in [0.5, 0.6) is 0 Å². The molecule has 1 aromatic rings. The Kier molecular flexibility index (Phi) is 5.38. The number of nitrogens with one attached hydrogen (secondary N) is 2. The number of carbonyl (C=O) groups excluding carboxylic acids is 2. The third-order valence-corrected chi connectivity index (χ3v) is 5.43. The van der Waals surface area contributed by atoms with E-state index in [1.165, 1.54) is 11.3 Å². The second kappa shape index (κ2) is 7.56. The lowest BCUT2D eigenvalue weighted by molar-refractivity contribution is -0.231. The normalized spacial score (nSPS) is 34.3. The van der Waals surface area contributed by atoms with Gasteiger partial charge in [-0.05, 0) is 27.7 Å². The standard InChI is InChI=1S/C18H25N3O7S/c1-17(2)25-10-11(26-17)13-15(28-18(3,4)27-13)24-12(10)14(23)19-6-5-9(22)21-16-20-7-8-29-16/h7-8,10-13,15H,5-6H2,1-4H3,(H,19,23)(H,20,21,22)/t10-,11-,12+,13-,15+/m1/s1. The number of aromatic nitrogens is 1. The highest BCUT2D eigenvalue weighted by molar-refractivity contribution is 7.13. The van der Waals surface area contributed by atoms with Crippen molar-refractivity contribution in [3.8, 4) is 0 Å². The summed E-state index contributed by atoms with van der Waals surface area (Å²) >= 11 is 1.33. The average Bonchev–Trinajstić information content (AvgIpc) is 3.29. The Labute approximate surface area is 172 Å². The lowest BCUT2D eigenvalue weighted by atomic mass is 9.98. The molecule has 3 saturated heterocycles. The number of fused-ring (bicyclic) bond motifs is 3. The van der Waals surface area contributed by atoms with Crippen molar-refractivity contribution in [1.82, 2.24) is 10.3 Å². The van der Waals surface area contributed by atoms with Crippen LogP contribution in [0.15, 0.2) is 11.6 Å². The van der Waals surface area contributed by atoms with Gasteiger partial charge in [-0.2, -0.15) is 0 Å². The zero-order chi connectivity index (χ0) is 20.8. The molecule has 0 saturated carbocycles. The molecule has 4 rings (SSSR count). The van der Waals surface area contributed by atoms with Crippen molar-refractivity contribution in [3.05, 3.63) is 11.6 Å². The maximum absolute atomic E-state index is 12.8. The Balaban J connectivity index is 1.36. The van der Waals surface area contributed by atoms with E-state index >= 15 is 0 Å². The summed E-state index contributed by atoms with van der Waals surface area (Å²) in [7, 11) is 0. The van der Waals surface area contributed by atoms with Crippen molar-refractivity contribution >= 4 is 28.3 Å². The van der Waals surface area contributed by atoms with Crippen LogP contribution < -0.4 is 10.6 Å². The minimum absolute atomic E-state index is 0.105. The molecule has 1 aromatic heterocycles. The van der Waals surface area contributed by atoms with Gasteiger partial charge in [0.25, 0.3) is 5.91 Å². The number of hydrogen-bond acceptors (Lipinski definition) is 9. The maximum Gasteiger partial charge on any atom is 0.252 e. The van der Waals surface area contributed by atoms with Gasteiger partial charge in [-0.1, -0.05) is 0 Å². The molecule has 3 aliphatic rings. The van der Waals surface area contributed by atoms with E-state index in [2.05, 4.69) is 15.6 Å². The second-order valence-electron chi connectivity index (χ2n) is 8.02. The van der Waals surface area contributed by atoms with Crippen LogP contribution in [0.2, 0.25) is 0 Å². The molecule has 2 N–H and O–H groups in total. The fraction of sp³-hybridized carbons (Fsp3) is 0.722. The van der Waals surface area contributed by atoms with Gasteiger partial charge in [-0.15, -0.1) is 11.3 Å². The SMILES string of the molecule is CC1(C)O[C@@H]2[C@@H](O1)[C@@H](C(=O)NCCC(=O)Nc1nccs1)O[C@H]1OC(C)(C)O[C@@H]12. The highest BCUT2D eigenvalue weighted by atomic mass is 32.1. The molecule has 0 unspecified atom stereocenters. The first-order valence-electron chi connectivity index (χ1n) is 9.47. The van der Waals surface area contributed by atoms with Crippen molar-refractivity contribution in [1.29, 1.82) is 0 Å². The van der Waals surface area contributed by atoms with E-state index in [-0.39, 0.29) is 18.9 Å². The molecular weight excluding hydrogens is 402 g/mol. The first kappa shape index (κ1) is 20.6. The van der Waals surface area contributed by atoms with E-state index in [1.54, 1.807) is 39.3 Å². The van der Waals surface area contributed by atoms with Crippen molar-refractivity contribution < 1.29 is 33.3 Å². The number of thiazole rings is 1. The lowest BCUT2D eigenvalue weighted by Crippen LogP contribution is -2.59. The van der Waals surface area contributed by atoms with Gasteiger partial charge in [-0.3, -0.25) is 9.59 Å². The molecule has 0 spiro atoms. The van der Waals surface area contributed by atoms with Gasteiger partial charge in [-0.25, -0.2) is 4.98 Å². The van der Waals surface area contributed by atoms with Gasteiger partial charge in [0.2, 0.25) is 5.91 Å². The zero-order valence-corrected chi connectivity index (χ0v) is 17.5. The number of nitrogens with zero attached hydrogens (tertiary/aromatic N) is 1. The highest BCUT2D eigenvalue weighted by Gasteiger charge is 2.62. The summed E-state index contributed by atoms with van der Waals surface area (Å²) in [6.07, 6.45) is -1.62. The molecule has 3 fully saturated rings. The molecule has 29 heavy (non-hydrogen) atoms. The molecular formula is C18H25N3O7S. The predicted octanol–water partition coefficient (Wildman–Crippen LogP) is 0.984. The number of ether oxygens (including phenoxy) is 5. The average molecular weight is 427 g/mol. The Morgan fingerprint density at radius 1 is 1.07 bits per heavy atom. The van der Waals surface area contributed by atoms with Crippen LogP contribution in [0.25, 0.3) is 0 Å². The summed E-state index contributed by atoms with van der Waals surface area (Å²) in [5.41, 5.74) is 0. The van der Waals surface area contributed by atoms with E-state index in [0.29, 0.717) is 5.13 Å². The molecule has 11 heteroatoms. The molecule has 0 radical (unpaired) electrons. The number of amides is 2. The molecule has 4 heterocycles. The van der Waals surface area contributed by atoms with Crippen molar-refractivity contribution in [2.75, 3.05) is 11.9 Å². The quantitative estimate of drug-likeness (QED) is 0.714. The smallest absolute Gasteiger partial charge is 0.252 e. The topological polar surface area (TPSA) is 117 Å². The Morgan fingerprint density at radius 3 is 2.48 bits per heavy atom. The van der Waals surface area contributed by atoms with Crippen molar-refractivity contribution in [2.45, 2.75) is 76.4 Å². The Morgan fingerprint density at radius 2 is 1.76 bits per heavy atom. The van der Waals surface area contributed by atoms with Crippen LogP contribution in [0.1, 0.15) is 34.1 Å². The molecule has 160 valence electrons. The van der Waals surface area contributed by atoms with Crippen LogP contribution in [0, 0.1) is 0 Å². The number of carbonyl (C=O) groups is 2. The molecule has 0 aliphatic carbocycles. The van der Waals surface area contributed by atoms with Crippen LogP contribution in [0.4, 0.5) is 5.13 Å². The molecule has 3 aliphatic heterocycles. The van der Waals surface area contributed by atoms with Gasteiger partial charge >= 0.3 is 0 Å². The third kappa shape index (κ3) is 4.44. The molecule has 0 bridgehead atoms. The van der Waals surface area contributed by atoms with Crippen LogP contribution >= 0.6 is 11.3 Å². The summed E-state index contributed by atoms with van der Waals surface area (Å²) in [6.45, 7) is 7.26. The fourth-order valence-corrected chi connectivity index (χ4v) is 4.24. The predicted molar refractivity (Wildman–Crippen MR) is 101 cm³/mol. The first-order chi connectivity index (χ1) is 13.6. The van der Waals surface area contributed by atoms with Gasteiger partial charge in [0.1, 0.15) is 18.3 Å². The first-order valence-corrected chi connectivity index (χ1v) is 10.4. The Hall–Kier alpha value is -1.63. The van der Waals surface area contributed by atoms with Gasteiger partial charge < -0.3 is 34.3 Å². The monoisotopic (exact) mass is 427 g/mol. The summed E-state index contributed by atoms with van der Waals surface area (Å²) in [6, 6.07) is 0. The minimum atomic E-state index is -0.942. The van der Waals surface area contributed by atoms with E-state index in [0.717, 1.165) is 0 Å². The summed E-state index contributed by atoms with van der Waals surface area (Å²) < 4.78 is 29.5. The molecule has 2 amide bonds. The lowest BCUT2D eigenvalue weighted by Gasteiger charge is -2.36. The third-order valence-electron chi connectivity index (χ3n) is 4.74. The van der Waals surface area contributed by atoms with Crippen LogP contribution in [0.3, 0.4) is 0 Å². The number of anilines is 1. The molecule has 5 atom stereocenters. The van der Waals surface area contributed by atoms with Crippen molar-refractivity contribution in [3.63, 3.8) is 0 Å². The molecule has 10 nitrogen and oxygen atoms in total. The largest absolute Gasteiger partial charge is 0.353 e. The van der Waals surface area contributed by atoms with Gasteiger partial charge in [0, 0.05) is 24.5 Å². The fourth-order valence-electron chi connectivity index (χ4n) is 3.69. The van der Waals surface area contributed by atoms with E-state index in [9.17, 15) is 9.59 Å². The highest BCUT2D eigenvalue weighted by Crippen LogP contribution is 2.44. The Bertz CT molecular complexity index is 770. The second-order valence-corrected chi connectivity index (χ2v) is 8.91. The molecule has 0 aromatic carbocycles. The summed E-state index contributed by atoms with van der Waals surface area (Å²) in [5.74, 6) is -2.36. The summed E-state index contributed by atoms with van der Waals surface area (Å²) in [5, 5.41) is 7.68. The number of rotatable bonds is 5. The number of hydrogen-bond donors (Lipinski definition) is 2. The maximum atomic E-state index is 12.8. The van der Waals surface area contributed by atoms with E-state index in [1.807, 2.05) is 0 Å². The minimum Gasteiger partial charge on any atom is -0.353 e. The van der Waals surface area contributed by atoms with E-state index < -0.39 is 48.2 Å². The van der Waals surface area contributed by atoms with Crippen LogP contribution in [-0.2, 0) is 33.3 Å². The summed E-state index contributed by atoms with van der Waals surface area (Å²) in [4.78, 5) is 28.7. The van der Waals surface area contributed by atoms with Gasteiger partial charge in [0.15, 0.2) is 29.1 Å².